The number of benzene rings is 1. The van der Waals surface area contributed by atoms with Gasteiger partial charge >= 0.3 is 0 Å². The maximum absolute atomic E-state index is 3.30. The fraction of sp³-hybridized carbons (Fsp3) is 0.538. The average Bonchev–Trinajstić information content (AvgIpc) is 2.20. The second kappa shape index (κ2) is 5.16. The highest BCUT2D eigenvalue weighted by Crippen LogP contribution is 2.12. The average molecular weight is 191 g/mol. The maximum atomic E-state index is 3.30. The predicted molar refractivity (Wildman–Crippen MR) is 62.6 cm³/mol. The summed E-state index contributed by atoms with van der Waals surface area (Å²) >= 11 is 0. The topological polar surface area (TPSA) is 12.0 Å². The molecule has 0 bridgehead atoms. The van der Waals surface area contributed by atoms with Gasteiger partial charge in [0.1, 0.15) is 0 Å². The van der Waals surface area contributed by atoms with Crippen LogP contribution in [0.4, 0.5) is 0 Å². The Morgan fingerprint density at radius 3 is 2.21 bits per heavy atom. The van der Waals surface area contributed by atoms with Crippen molar-refractivity contribution in [3.8, 4) is 0 Å². The molecule has 0 aliphatic rings. The molecule has 0 fully saturated rings. The highest BCUT2D eigenvalue weighted by molar-refractivity contribution is 5.21. The van der Waals surface area contributed by atoms with Crippen LogP contribution in [-0.4, -0.2) is 13.1 Å². The molecule has 0 aliphatic carbocycles. The quantitative estimate of drug-likeness (QED) is 0.771. The Bertz CT molecular complexity index is 263. The van der Waals surface area contributed by atoms with Gasteiger partial charge in [-0.25, -0.2) is 0 Å². The third-order valence-corrected chi connectivity index (χ3v) is 2.99. The Balaban J connectivity index is 2.56. The van der Waals surface area contributed by atoms with Gasteiger partial charge < -0.3 is 5.32 Å². The Kier molecular flexibility index (Phi) is 4.15. The molecule has 2 atom stereocenters. The molecule has 0 saturated carbocycles. The fourth-order valence-electron chi connectivity index (χ4n) is 1.56. The van der Waals surface area contributed by atoms with Gasteiger partial charge in [0, 0.05) is 6.04 Å². The van der Waals surface area contributed by atoms with Gasteiger partial charge in [0.25, 0.3) is 0 Å². The Hall–Kier alpha value is -0.820. The van der Waals surface area contributed by atoms with Gasteiger partial charge in [0.15, 0.2) is 0 Å². The Morgan fingerprint density at radius 1 is 1.14 bits per heavy atom. The van der Waals surface area contributed by atoms with Gasteiger partial charge in [-0.3, -0.25) is 0 Å². The standard InChI is InChI=1S/C13H21N/c1-10-5-7-13(8-6-10)9-11(2)12(3)14-4/h5-8,11-12,14H,9H2,1-4H3. The van der Waals surface area contributed by atoms with E-state index in [1.807, 2.05) is 7.05 Å². The third kappa shape index (κ3) is 3.15. The summed E-state index contributed by atoms with van der Waals surface area (Å²) in [6.07, 6.45) is 1.16. The van der Waals surface area contributed by atoms with Crippen LogP contribution in [0.2, 0.25) is 0 Å². The van der Waals surface area contributed by atoms with E-state index >= 15 is 0 Å². The molecule has 1 aromatic rings. The van der Waals surface area contributed by atoms with E-state index < -0.39 is 0 Å². The molecule has 78 valence electrons. The van der Waals surface area contributed by atoms with Crippen LogP contribution in [0.3, 0.4) is 0 Å². The lowest BCUT2D eigenvalue weighted by atomic mass is 9.95. The molecule has 0 radical (unpaired) electrons. The number of hydrogen-bond acceptors (Lipinski definition) is 1. The number of rotatable bonds is 4. The minimum Gasteiger partial charge on any atom is -0.317 e. The van der Waals surface area contributed by atoms with E-state index in [9.17, 15) is 0 Å². The second-order valence-electron chi connectivity index (χ2n) is 4.24. The van der Waals surface area contributed by atoms with Crippen molar-refractivity contribution in [2.24, 2.45) is 5.92 Å². The Labute approximate surface area is 87.5 Å². The zero-order valence-corrected chi connectivity index (χ0v) is 9.67. The molecule has 0 heterocycles. The molecule has 0 amide bonds. The first-order chi connectivity index (χ1) is 6.63. The van der Waals surface area contributed by atoms with E-state index in [2.05, 4.69) is 50.4 Å². The van der Waals surface area contributed by atoms with Crippen molar-refractivity contribution in [3.05, 3.63) is 35.4 Å². The first kappa shape index (κ1) is 11.3. The van der Waals surface area contributed by atoms with Crippen LogP contribution >= 0.6 is 0 Å². The molecule has 1 nitrogen and oxygen atoms in total. The van der Waals surface area contributed by atoms with E-state index in [0.29, 0.717) is 12.0 Å². The maximum Gasteiger partial charge on any atom is 0.00645 e. The molecule has 1 rings (SSSR count). The summed E-state index contributed by atoms with van der Waals surface area (Å²) in [5.74, 6) is 0.683. The fourth-order valence-corrected chi connectivity index (χ4v) is 1.56. The number of hydrogen-bond donors (Lipinski definition) is 1. The van der Waals surface area contributed by atoms with E-state index in [1.54, 1.807) is 0 Å². The number of nitrogens with one attached hydrogen (secondary N) is 1. The summed E-state index contributed by atoms with van der Waals surface area (Å²) in [4.78, 5) is 0. The van der Waals surface area contributed by atoms with Crippen LogP contribution < -0.4 is 5.32 Å². The van der Waals surface area contributed by atoms with Gasteiger partial charge in [0.2, 0.25) is 0 Å². The van der Waals surface area contributed by atoms with Gasteiger partial charge in [-0.15, -0.1) is 0 Å². The summed E-state index contributed by atoms with van der Waals surface area (Å²) < 4.78 is 0. The van der Waals surface area contributed by atoms with E-state index in [-0.39, 0.29) is 0 Å². The molecular formula is C13H21N. The summed E-state index contributed by atoms with van der Waals surface area (Å²) in [7, 11) is 2.02. The highest BCUT2D eigenvalue weighted by Gasteiger charge is 2.09. The molecule has 0 saturated heterocycles. The van der Waals surface area contributed by atoms with Crippen LogP contribution in [-0.2, 0) is 6.42 Å². The smallest absolute Gasteiger partial charge is 0.00645 e. The first-order valence-electron chi connectivity index (χ1n) is 5.36. The van der Waals surface area contributed by atoms with Crippen LogP contribution in [0, 0.1) is 12.8 Å². The van der Waals surface area contributed by atoms with Gasteiger partial charge in [-0.2, -0.15) is 0 Å². The van der Waals surface area contributed by atoms with E-state index in [0.717, 1.165) is 6.42 Å². The molecule has 0 aliphatic heterocycles. The third-order valence-electron chi connectivity index (χ3n) is 2.99. The zero-order chi connectivity index (χ0) is 10.6. The zero-order valence-electron chi connectivity index (χ0n) is 9.67. The SMILES string of the molecule is CNC(C)C(C)Cc1ccc(C)cc1. The molecule has 1 heteroatoms. The summed E-state index contributed by atoms with van der Waals surface area (Å²) in [6, 6.07) is 9.41. The van der Waals surface area contributed by atoms with Crippen LogP contribution in [0.5, 0.6) is 0 Å². The minimum absolute atomic E-state index is 0.580. The number of aryl methyl sites for hydroxylation is 1. The van der Waals surface area contributed by atoms with Crippen molar-refractivity contribution in [2.75, 3.05) is 7.05 Å². The highest BCUT2D eigenvalue weighted by atomic mass is 14.9. The first-order valence-corrected chi connectivity index (χ1v) is 5.36. The summed E-state index contributed by atoms with van der Waals surface area (Å²) in [5.41, 5.74) is 2.77. The predicted octanol–water partition coefficient (Wildman–Crippen LogP) is 2.78. The molecule has 2 unspecified atom stereocenters. The van der Waals surface area contributed by atoms with Crippen LogP contribution in [0.1, 0.15) is 25.0 Å². The van der Waals surface area contributed by atoms with Gasteiger partial charge in [0.05, 0.1) is 0 Å². The van der Waals surface area contributed by atoms with Gasteiger partial charge in [-0.1, -0.05) is 36.8 Å². The summed E-state index contributed by atoms with van der Waals surface area (Å²) in [5, 5.41) is 3.30. The molecule has 1 N–H and O–H groups in total. The van der Waals surface area contributed by atoms with Crippen LogP contribution in [0.15, 0.2) is 24.3 Å². The van der Waals surface area contributed by atoms with E-state index in [4.69, 9.17) is 0 Å². The second-order valence-corrected chi connectivity index (χ2v) is 4.24. The molecule has 1 aromatic carbocycles. The molecule has 0 aromatic heterocycles. The lowest BCUT2D eigenvalue weighted by Gasteiger charge is -2.19. The molecular weight excluding hydrogens is 170 g/mol. The normalized spacial score (nSPS) is 15.1. The minimum atomic E-state index is 0.580. The van der Waals surface area contributed by atoms with E-state index in [1.165, 1.54) is 11.1 Å². The lowest BCUT2D eigenvalue weighted by Crippen LogP contribution is -2.29. The van der Waals surface area contributed by atoms with Crippen molar-refractivity contribution in [1.29, 1.82) is 0 Å². The summed E-state index contributed by atoms with van der Waals surface area (Å²) in [6.45, 7) is 6.66. The van der Waals surface area contributed by atoms with Crippen molar-refractivity contribution in [3.63, 3.8) is 0 Å². The molecule has 0 spiro atoms. The van der Waals surface area contributed by atoms with Crippen molar-refractivity contribution in [1.82, 2.24) is 5.32 Å². The monoisotopic (exact) mass is 191 g/mol. The van der Waals surface area contributed by atoms with Crippen LogP contribution in [0.25, 0.3) is 0 Å². The largest absolute Gasteiger partial charge is 0.317 e. The van der Waals surface area contributed by atoms with Gasteiger partial charge in [-0.05, 0) is 38.8 Å². The lowest BCUT2D eigenvalue weighted by molar-refractivity contribution is 0.424. The Morgan fingerprint density at radius 2 is 1.71 bits per heavy atom. The van der Waals surface area contributed by atoms with Crippen molar-refractivity contribution in [2.45, 2.75) is 33.2 Å². The molecule has 14 heavy (non-hydrogen) atoms. The van der Waals surface area contributed by atoms with Crippen molar-refractivity contribution >= 4 is 0 Å². The van der Waals surface area contributed by atoms with Crippen molar-refractivity contribution < 1.29 is 0 Å².